The van der Waals surface area contributed by atoms with Crippen LogP contribution >= 0.6 is 0 Å². The highest BCUT2D eigenvalue weighted by Crippen LogP contribution is 2.23. The fourth-order valence-electron chi connectivity index (χ4n) is 3.10. The van der Waals surface area contributed by atoms with Crippen LogP contribution < -0.4 is 5.32 Å². The van der Waals surface area contributed by atoms with Crippen LogP contribution in [0, 0.1) is 0 Å². The van der Waals surface area contributed by atoms with Gasteiger partial charge in [-0.1, -0.05) is 60.7 Å². The predicted molar refractivity (Wildman–Crippen MR) is 103 cm³/mol. The normalized spacial score (nSPS) is 26.7. The summed E-state index contributed by atoms with van der Waals surface area (Å²) in [5, 5.41) is 32.7. The van der Waals surface area contributed by atoms with E-state index in [0.717, 1.165) is 11.1 Å². The van der Waals surface area contributed by atoms with Crippen molar-refractivity contribution >= 4 is 6.09 Å². The molecule has 1 heterocycles. The molecule has 1 amide bonds. The van der Waals surface area contributed by atoms with E-state index >= 15 is 0 Å². The lowest BCUT2D eigenvalue weighted by Gasteiger charge is -2.42. The zero-order valence-corrected chi connectivity index (χ0v) is 15.8. The van der Waals surface area contributed by atoms with E-state index in [0.29, 0.717) is 0 Å². The van der Waals surface area contributed by atoms with E-state index in [1.54, 1.807) is 0 Å². The van der Waals surface area contributed by atoms with Crippen LogP contribution in [0.5, 0.6) is 0 Å². The van der Waals surface area contributed by atoms with Crippen molar-refractivity contribution in [2.45, 2.75) is 43.9 Å². The molecule has 5 unspecified atom stereocenters. The summed E-state index contributed by atoms with van der Waals surface area (Å²) in [7, 11) is 0. The van der Waals surface area contributed by atoms with Gasteiger partial charge >= 0.3 is 6.09 Å². The van der Waals surface area contributed by atoms with Gasteiger partial charge in [0, 0.05) is 0 Å². The Labute approximate surface area is 168 Å². The number of hydrogen-bond acceptors (Lipinski definition) is 7. The molecule has 0 aliphatic carbocycles. The number of amides is 1. The molecular formula is C21H25NO7. The van der Waals surface area contributed by atoms with Gasteiger partial charge in [-0.15, -0.1) is 0 Å². The van der Waals surface area contributed by atoms with Crippen molar-refractivity contribution in [3.63, 3.8) is 0 Å². The van der Waals surface area contributed by atoms with E-state index < -0.39 is 43.3 Å². The summed E-state index contributed by atoms with van der Waals surface area (Å²) >= 11 is 0. The van der Waals surface area contributed by atoms with Gasteiger partial charge in [-0.2, -0.15) is 0 Å². The third-order valence-corrected chi connectivity index (χ3v) is 4.66. The summed E-state index contributed by atoms with van der Waals surface area (Å²) in [6.07, 6.45) is -5.58. The predicted octanol–water partition coefficient (Wildman–Crippen LogP) is 0.937. The minimum atomic E-state index is -1.49. The Morgan fingerprint density at radius 1 is 0.966 bits per heavy atom. The van der Waals surface area contributed by atoms with Gasteiger partial charge in [0.05, 0.1) is 13.2 Å². The quantitative estimate of drug-likeness (QED) is 0.543. The highest BCUT2D eigenvalue weighted by molar-refractivity contribution is 5.67. The van der Waals surface area contributed by atoms with E-state index in [1.165, 1.54) is 0 Å². The summed E-state index contributed by atoms with van der Waals surface area (Å²) in [6.45, 7) is -0.313. The molecule has 1 fully saturated rings. The summed E-state index contributed by atoms with van der Waals surface area (Å²) in [6, 6.07) is 17.3. The maximum atomic E-state index is 12.2. The number of rotatable bonds is 7. The maximum absolute atomic E-state index is 12.2. The van der Waals surface area contributed by atoms with Crippen LogP contribution in [0.4, 0.5) is 4.79 Å². The summed E-state index contributed by atoms with van der Waals surface area (Å²) < 4.78 is 16.2. The minimum absolute atomic E-state index is 0.0493. The zero-order chi connectivity index (χ0) is 20.6. The monoisotopic (exact) mass is 403 g/mol. The fraction of sp³-hybridized carbons (Fsp3) is 0.381. The second-order valence-electron chi connectivity index (χ2n) is 6.73. The van der Waals surface area contributed by atoms with Crippen molar-refractivity contribution in [1.82, 2.24) is 5.32 Å². The van der Waals surface area contributed by atoms with Crippen LogP contribution in [-0.4, -0.2) is 58.7 Å². The molecule has 3 rings (SSSR count). The van der Waals surface area contributed by atoms with Gasteiger partial charge in [0.1, 0.15) is 31.0 Å². The number of ether oxygens (including phenoxy) is 3. The number of aliphatic hydroxyl groups excluding tert-OH is 3. The van der Waals surface area contributed by atoms with Gasteiger partial charge in [-0.25, -0.2) is 4.79 Å². The Kier molecular flexibility index (Phi) is 7.56. The van der Waals surface area contributed by atoms with Gasteiger partial charge in [0.25, 0.3) is 0 Å². The highest BCUT2D eigenvalue weighted by Gasteiger charge is 2.46. The lowest BCUT2D eigenvalue weighted by atomic mass is 9.97. The van der Waals surface area contributed by atoms with Gasteiger partial charge in [0.15, 0.2) is 6.29 Å². The summed E-state index contributed by atoms with van der Waals surface area (Å²) in [5.74, 6) is 0. The summed E-state index contributed by atoms with van der Waals surface area (Å²) in [4.78, 5) is 12.2. The number of nitrogens with one attached hydrogen (secondary N) is 1. The van der Waals surface area contributed by atoms with Crippen molar-refractivity contribution in [2.75, 3.05) is 6.61 Å². The fourth-order valence-corrected chi connectivity index (χ4v) is 3.10. The van der Waals surface area contributed by atoms with Crippen LogP contribution in [0.3, 0.4) is 0 Å². The lowest BCUT2D eigenvalue weighted by Crippen LogP contribution is -2.64. The first-order valence-corrected chi connectivity index (χ1v) is 9.33. The average molecular weight is 403 g/mol. The number of hydrogen-bond donors (Lipinski definition) is 4. The van der Waals surface area contributed by atoms with Crippen LogP contribution in [0.2, 0.25) is 0 Å². The SMILES string of the molecule is O=C(NC1C(O)OC(CO)C(O)C1OCc1ccccc1)OCc1ccccc1. The molecule has 4 N–H and O–H groups in total. The van der Waals surface area contributed by atoms with E-state index in [2.05, 4.69) is 5.32 Å². The van der Waals surface area contributed by atoms with E-state index in [4.69, 9.17) is 14.2 Å². The molecule has 0 spiro atoms. The first kappa shape index (κ1) is 21.2. The lowest BCUT2D eigenvalue weighted by molar-refractivity contribution is -0.263. The molecule has 0 radical (unpaired) electrons. The molecule has 0 saturated carbocycles. The van der Waals surface area contributed by atoms with Crippen LogP contribution in [0.15, 0.2) is 60.7 Å². The second kappa shape index (κ2) is 10.3. The van der Waals surface area contributed by atoms with Crippen molar-refractivity contribution in [1.29, 1.82) is 0 Å². The van der Waals surface area contributed by atoms with Gasteiger partial charge in [0.2, 0.25) is 0 Å². The Hall–Kier alpha value is -2.49. The molecule has 2 aromatic rings. The maximum Gasteiger partial charge on any atom is 0.407 e. The molecule has 29 heavy (non-hydrogen) atoms. The third kappa shape index (κ3) is 5.75. The van der Waals surface area contributed by atoms with Crippen molar-refractivity contribution in [2.24, 2.45) is 0 Å². The molecule has 1 aliphatic heterocycles. The Bertz CT molecular complexity index is 758. The van der Waals surface area contributed by atoms with Gasteiger partial charge in [-0.3, -0.25) is 0 Å². The number of alkyl carbamates (subject to hydrolysis) is 1. The van der Waals surface area contributed by atoms with Gasteiger partial charge in [-0.05, 0) is 11.1 Å². The molecule has 1 aliphatic rings. The number of carbonyl (C=O) groups excluding carboxylic acids is 1. The zero-order valence-electron chi connectivity index (χ0n) is 15.8. The minimum Gasteiger partial charge on any atom is -0.445 e. The van der Waals surface area contributed by atoms with E-state index in [9.17, 15) is 20.1 Å². The van der Waals surface area contributed by atoms with E-state index in [1.807, 2.05) is 60.7 Å². The molecule has 2 aromatic carbocycles. The molecule has 5 atom stereocenters. The van der Waals surface area contributed by atoms with Crippen LogP contribution in [0.25, 0.3) is 0 Å². The molecule has 156 valence electrons. The molecular weight excluding hydrogens is 378 g/mol. The Balaban J connectivity index is 1.64. The number of aliphatic hydroxyl groups is 3. The topological polar surface area (TPSA) is 117 Å². The number of benzene rings is 2. The second-order valence-corrected chi connectivity index (χ2v) is 6.73. The first-order chi connectivity index (χ1) is 14.1. The van der Waals surface area contributed by atoms with Crippen LogP contribution in [-0.2, 0) is 27.4 Å². The van der Waals surface area contributed by atoms with Crippen molar-refractivity contribution in [3.8, 4) is 0 Å². The van der Waals surface area contributed by atoms with E-state index in [-0.39, 0.29) is 13.2 Å². The standard InChI is InChI=1S/C21H25NO7/c23-11-16-18(24)19(27-12-14-7-3-1-4-8-14)17(20(25)29-16)22-21(26)28-13-15-9-5-2-6-10-15/h1-10,16-20,23-25H,11-13H2,(H,22,26). The number of carbonyl (C=O) groups is 1. The molecule has 8 heteroatoms. The smallest absolute Gasteiger partial charge is 0.407 e. The largest absolute Gasteiger partial charge is 0.445 e. The average Bonchev–Trinajstić information content (AvgIpc) is 2.75. The Morgan fingerprint density at radius 3 is 2.14 bits per heavy atom. The molecule has 1 saturated heterocycles. The van der Waals surface area contributed by atoms with Crippen molar-refractivity contribution in [3.05, 3.63) is 71.8 Å². The van der Waals surface area contributed by atoms with Gasteiger partial charge < -0.3 is 34.8 Å². The molecule has 8 nitrogen and oxygen atoms in total. The molecule has 0 bridgehead atoms. The summed E-state index contributed by atoms with van der Waals surface area (Å²) in [5.41, 5.74) is 1.66. The Morgan fingerprint density at radius 2 is 1.55 bits per heavy atom. The first-order valence-electron chi connectivity index (χ1n) is 9.33. The van der Waals surface area contributed by atoms with Crippen molar-refractivity contribution < 1.29 is 34.3 Å². The van der Waals surface area contributed by atoms with Crippen LogP contribution in [0.1, 0.15) is 11.1 Å². The highest BCUT2D eigenvalue weighted by atomic mass is 16.6. The molecule has 0 aromatic heterocycles. The third-order valence-electron chi connectivity index (χ3n) is 4.66.